The van der Waals surface area contributed by atoms with Crippen LogP contribution in [0.1, 0.15) is 12.8 Å². The molecular formula is C6H9NO. The molecule has 0 unspecified atom stereocenters. The Morgan fingerprint density at radius 2 is 2.62 bits per heavy atom. The van der Waals surface area contributed by atoms with Gasteiger partial charge in [-0.15, -0.1) is 0 Å². The normalized spacial score (nSPS) is 22.4. The van der Waals surface area contributed by atoms with Crippen molar-refractivity contribution >= 4 is 5.71 Å². The monoisotopic (exact) mass is 111 g/mol. The lowest BCUT2D eigenvalue weighted by Crippen LogP contribution is -1.86. The van der Waals surface area contributed by atoms with E-state index in [4.69, 9.17) is 0 Å². The number of nitrogens with zero attached hydrogens (tertiary/aromatic N) is 1. The third kappa shape index (κ3) is 1.09. The van der Waals surface area contributed by atoms with Gasteiger partial charge in [0.25, 0.3) is 0 Å². The molecule has 0 bridgehead atoms. The van der Waals surface area contributed by atoms with Gasteiger partial charge >= 0.3 is 0 Å². The molecule has 0 saturated heterocycles. The van der Waals surface area contributed by atoms with Crippen LogP contribution >= 0.6 is 0 Å². The quantitative estimate of drug-likeness (QED) is 0.468. The molecular weight excluding hydrogens is 102 g/mol. The van der Waals surface area contributed by atoms with Gasteiger partial charge in [0, 0.05) is 0 Å². The molecule has 0 heterocycles. The minimum atomic E-state index is 1.04. The van der Waals surface area contributed by atoms with Crippen molar-refractivity contribution in [2.45, 2.75) is 12.8 Å². The molecule has 0 N–H and O–H groups in total. The Bertz CT molecular complexity index is 126. The molecule has 1 aliphatic carbocycles. The van der Waals surface area contributed by atoms with E-state index >= 15 is 0 Å². The fraction of sp³-hybridized carbons (Fsp3) is 0.500. The van der Waals surface area contributed by atoms with Crippen LogP contribution in [0.2, 0.25) is 0 Å². The van der Waals surface area contributed by atoms with Crippen molar-refractivity contribution in [3.63, 3.8) is 0 Å². The SMILES string of the molecule is CO/N=C1/C=CCC1. The van der Waals surface area contributed by atoms with Gasteiger partial charge in [-0.3, -0.25) is 0 Å². The third-order valence-electron chi connectivity index (χ3n) is 1.09. The molecule has 8 heavy (non-hydrogen) atoms. The lowest BCUT2D eigenvalue weighted by atomic mass is 10.3. The molecule has 44 valence electrons. The first-order valence-corrected chi connectivity index (χ1v) is 2.70. The van der Waals surface area contributed by atoms with Crippen molar-refractivity contribution in [3.05, 3.63) is 12.2 Å². The second-order valence-electron chi connectivity index (χ2n) is 1.71. The second-order valence-corrected chi connectivity index (χ2v) is 1.71. The molecule has 1 rings (SSSR count). The molecule has 0 radical (unpaired) electrons. The Balaban J connectivity index is 2.46. The first-order valence-electron chi connectivity index (χ1n) is 2.70. The van der Waals surface area contributed by atoms with Crippen molar-refractivity contribution in [3.8, 4) is 0 Å². The van der Waals surface area contributed by atoms with Gasteiger partial charge in [0.05, 0.1) is 5.71 Å². The van der Waals surface area contributed by atoms with E-state index in [1.165, 1.54) is 0 Å². The Labute approximate surface area is 48.8 Å². The van der Waals surface area contributed by atoms with Gasteiger partial charge in [0.2, 0.25) is 0 Å². The molecule has 0 aromatic carbocycles. The van der Waals surface area contributed by atoms with Gasteiger partial charge in [0.1, 0.15) is 7.11 Å². The van der Waals surface area contributed by atoms with Crippen molar-refractivity contribution < 1.29 is 4.84 Å². The highest BCUT2D eigenvalue weighted by Crippen LogP contribution is 2.04. The first kappa shape index (κ1) is 5.35. The van der Waals surface area contributed by atoms with Crippen LogP contribution in [0.3, 0.4) is 0 Å². The van der Waals surface area contributed by atoms with E-state index in [0.29, 0.717) is 0 Å². The highest BCUT2D eigenvalue weighted by atomic mass is 16.6. The number of oxime groups is 1. The third-order valence-corrected chi connectivity index (χ3v) is 1.09. The summed E-state index contributed by atoms with van der Waals surface area (Å²) in [5.74, 6) is 0. The molecule has 0 fully saturated rings. The maximum atomic E-state index is 4.56. The lowest BCUT2D eigenvalue weighted by Gasteiger charge is -1.88. The van der Waals surface area contributed by atoms with E-state index in [0.717, 1.165) is 18.6 Å². The molecule has 1 aliphatic rings. The molecule has 2 nitrogen and oxygen atoms in total. The van der Waals surface area contributed by atoms with Crippen molar-refractivity contribution in [2.24, 2.45) is 5.16 Å². The van der Waals surface area contributed by atoms with E-state index in [1.54, 1.807) is 7.11 Å². The molecule has 0 aromatic heterocycles. The molecule has 0 saturated carbocycles. The smallest absolute Gasteiger partial charge is 0.106 e. The summed E-state index contributed by atoms with van der Waals surface area (Å²) in [4.78, 5) is 4.56. The fourth-order valence-corrected chi connectivity index (χ4v) is 0.727. The van der Waals surface area contributed by atoms with E-state index in [2.05, 4.69) is 16.1 Å². The van der Waals surface area contributed by atoms with E-state index in [9.17, 15) is 0 Å². The van der Waals surface area contributed by atoms with Crippen LogP contribution in [-0.2, 0) is 4.84 Å². The first-order chi connectivity index (χ1) is 3.93. The predicted octanol–water partition coefficient (Wildman–Crippen LogP) is 1.34. The second kappa shape index (κ2) is 2.50. The van der Waals surface area contributed by atoms with Gasteiger partial charge in [-0.25, -0.2) is 0 Å². The average molecular weight is 111 g/mol. The maximum absolute atomic E-state index is 4.56. The summed E-state index contributed by atoms with van der Waals surface area (Å²) in [6.45, 7) is 0. The van der Waals surface area contributed by atoms with Crippen molar-refractivity contribution in [2.75, 3.05) is 7.11 Å². The van der Waals surface area contributed by atoms with Crippen LogP contribution in [0.25, 0.3) is 0 Å². The van der Waals surface area contributed by atoms with E-state index < -0.39 is 0 Å². The molecule has 0 aliphatic heterocycles. The summed E-state index contributed by atoms with van der Waals surface area (Å²) in [6, 6.07) is 0. The number of hydrogen-bond acceptors (Lipinski definition) is 2. The van der Waals surface area contributed by atoms with Crippen LogP contribution in [0, 0.1) is 0 Å². The number of allylic oxidation sites excluding steroid dienone is 2. The highest BCUT2D eigenvalue weighted by Gasteiger charge is 1.98. The zero-order valence-corrected chi connectivity index (χ0v) is 4.92. The van der Waals surface area contributed by atoms with Crippen LogP contribution in [0.4, 0.5) is 0 Å². The Kier molecular flexibility index (Phi) is 1.67. The van der Waals surface area contributed by atoms with E-state index in [-0.39, 0.29) is 0 Å². The maximum Gasteiger partial charge on any atom is 0.106 e. The van der Waals surface area contributed by atoms with Crippen LogP contribution in [-0.4, -0.2) is 12.8 Å². The van der Waals surface area contributed by atoms with Gasteiger partial charge in [-0.05, 0) is 18.9 Å². The molecule has 0 amide bonds. The predicted molar refractivity (Wildman–Crippen MR) is 32.8 cm³/mol. The lowest BCUT2D eigenvalue weighted by molar-refractivity contribution is 0.213. The molecule has 0 spiro atoms. The van der Waals surface area contributed by atoms with Crippen molar-refractivity contribution in [1.82, 2.24) is 0 Å². The molecule has 2 heteroatoms. The summed E-state index contributed by atoms with van der Waals surface area (Å²) in [5, 5.41) is 3.75. The van der Waals surface area contributed by atoms with E-state index in [1.807, 2.05) is 6.08 Å². The van der Waals surface area contributed by atoms with Crippen molar-refractivity contribution in [1.29, 1.82) is 0 Å². The average Bonchev–Trinajstić information content (AvgIpc) is 2.19. The van der Waals surface area contributed by atoms with Crippen LogP contribution in [0.5, 0.6) is 0 Å². The molecule has 0 atom stereocenters. The summed E-state index contributed by atoms with van der Waals surface area (Å²) in [6.07, 6.45) is 6.23. The zero-order valence-electron chi connectivity index (χ0n) is 4.92. The standard InChI is InChI=1S/C6H9NO/c1-8-7-6-4-2-3-5-6/h2,4H,3,5H2,1H3/b7-6-. The highest BCUT2D eigenvalue weighted by molar-refractivity contribution is 5.96. The minimum absolute atomic E-state index is 1.04. The van der Waals surface area contributed by atoms with Crippen LogP contribution < -0.4 is 0 Å². The summed E-state index contributed by atoms with van der Waals surface area (Å²) < 4.78 is 0. The summed E-state index contributed by atoms with van der Waals surface area (Å²) >= 11 is 0. The van der Waals surface area contributed by atoms with Crippen LogP contribution in [0.15, 0.2) is 17.3 Å². The fourth-order valence-electron chi connectivity index (χ4n) is 0.727. The molecule has 0 aromatic rings. The summed E-state index contributed by atoms with van der Waals surface area (Å²) in [7, 11) is 1.57. The Hall–Kier alpha value is -0.790. The largest absolute Gasteiger partial charge is 0.399 e. The van der Waals surface area contributed by atoms with Gasteiger partial charge < -0.3 is 4.84 Å². The number of hydrogen-bond donors (Lipinski definition) is 0. The Morgan fingerprint density at radius 1 is 1.75 bits per heavy atom. The Morgan fingerprint density at radius 3 is 3.12 bits per heavy atom. The minimum Gasteiger partial charge on any atom is -0.399 e. The van der Waals surface area contributed by atoms with Gasteiger partial charge in [-0.2, -0.15) is 0 Å². The zero-order chi connectivity index (χ0) is 5.82. The van der Waals surface area contributed by atoms with Gasteiger partial charge in [0.15, 0.2) is 0 Å². The summed E-state index contributed by atoms with van der Waals surface area (Å²) in [5.41, 5.74) is 1.05. The van der Waals surface area contributed by atoms with Gasteiger partial charge in [-0.1, -0.05) is 11.2 Å². The number of rotatable bonds is 1. The topological polar surface area (TPSA) is 21.6 Å².